The van der Waals surface area contributed by atoms with Gasteiger partial charge in [0.1, 0.15) is 23.7 Å². The van der Waals surface area contributed by atoms with Crippen molar-refractivity contribution < 1.29 is 19.7 Å². The van der Waals surface area contributed by atoms with Gasteiger partial charge in [-0.3, -0.25) is 0 Å². The third-order valence-corrected chi connectivity index (χ3v) is 3.88. The van der Waals surface area contributed by atoms with Crippen molar-refractivity contribution in [2.45, 2.75) is 6.61 Å². The molecule has 3 aromatic rings. The lowest BCUT2D eigenvalue weighted by molar-refractivity contribution is 0.0469. The van der Waals surface area contributed by atoms with Crippen LogP contribution in [0.1, 0.15) is 21.5 Å². The molecular formula is C21H15NO4. The molecule has 0 radical (unpaired) electrons. The van der Waals surface area contributed by atoms with E-state index in [1.807, 2.05) is 42.5 Å². The van der Waals surface area contributed by atoms with Crippen molar-refractivity contribution in [1.82, 2.24) is 0 Å². The Bertz CT molecular complexity index is 988. The third-order valence-electron chi connectivity index (χ3n) is 3.88. The first-order valence-corrected chi connectivity index (χ1v) is 7.86. The number of phenols is 2. The normalized spacial score (nSPS) is 10.1. The zero-order valence-electron chi connectivity index (χ0n) is 13.7. The first-order valence-electron chi connectivity index (χ1n) is 7.86. The van der Waals surface area contributed by atoms with E-state index >= 15 is 0 Å². The van der Waals surface area contributed by atoms with Gasteiger partial charge in [0.15, 0.2) is 0 Å². The second kappa shape index (κ2) is 7.41. The highest BCUT2D eigenvalue weighted by Crippen LogP contribution is 2.25. The molecule has 3 aromatic carbocycles. The maximum absolute atomic E-state index is 12.0. The SMILES string of the molecule is N#Cc1ccccc1-c1ccc(COC(=O)c2ccc(O)cc2O)cc1. The number of aromatic hydroxyl groups is 2. The second-order valence-electron chi connectivity index (χ2n) is 5.63. The van der Waals surface area contributed by atoms with Gasteiger partial charge in [-0.2, -0.15) is 5.26 Å². The topological polar surface area (TPSA) is 90.5 Å². The van der Waals surface area contributed by atoms with E-state index in [-0.39, 0.29) is 23.7 Å². The number of benzene rings is 3. The molecule has 0 unspecified atom stereocenters. The van der Waals surface area contributed by atoms with E-state index in [0.29, 0.717) is 5.56 Å². The van der Waals surface area contributed by atoms with Crippen LogP contribution in [0.3, 0.4) is 0 Å². The Balaban J connectivity index is 1.70. The molecule has 128 valence electrons. The van der Waals surface area contributed by atoms with Gasteiger partial charge in [-0.05, 0) is 34.9 Å². The van der Waals surface area contributed by atoms with Gasteiger partial charge in [-0.1, -0.05) is 42.5 Å². The van der Waals surface area contributed by atoms with Crippen LogP contribution in [0, 0.1) is 11.3 Å². The van der Waals surface area contributed by atoms with Gasteiger partial charge < -0.3 is 14.9 Å². The summed E-state index contributed by atoms with van der Waals surface area (Å²) in [6.45, 7) is 0.0410. The number of nitriles is 1. The summed E-state index contributed by atoms with van der Waals surface area (Å²) < 4.78 is 5.19. The lowest BCUT2D eigenvalue weighted by Gasteiger charge is -2.08. The van der Waals surface area contributed by atoms with Crippen LogP contribution in [0.25, 0.3) is 11.1 Å². The van der Waals surface area contributed by atoms with Crippen molar-refractivity contribution in [1.29, 1.82) is 5.26 Å². The monoisotopic (exact) mass is 345 g/mol. The van der Waals surface area contributed by atoms with Gasteiger partial charge in [0.25, 0.3) is 0 Å². The van der Waals surface area contributed by atoms with E-state index in [0.717, 1.165) is 22.8 Å². The van der Waals surface area contributed by atoms with Crippen LogP contribution in [0.5, 0.6) is 11.5 Å². The van der Waals surface area contributed by atoms with Crippen molar-refractivity contribution in [2.24, 2.45) is 0 Å². The molecule has 0 saturated carbocycles. The minimum Gasteiger partial charge on any atom is -0.508 e. The number of rotatable bonds is 4. The Kier molecular flexibility index (Phi) is 4.86. The molecule has 0 spiro atoms. The molecule has 0 heterocycles. The van der Waals surface area contributed by atoms with Crippen LogP contribution in [0.4, 0.5) is 0 Å². The average Bonchev–Trinajstić information content (AvgIpc) is 2.66. The van der Waals surface area contributed by atoms with Crippen molar-refractivity contribution >= 4 is 5.97 Å². The zero-order valence-corrected chi connectivity index (χ0v) is 13.7. The quantitative estimate of drug-likeness (QED) is 0.698. The minimum absolute atomic E-state index is 0.0117. The van der Waals surface area contributed by atoms with Crippen LogP contribution < -0.4 is 0 Å². The molecule has 0 aliphatic carbocycles. The summed E-state index contributed by atoms with van der Waals surface area (Å²) in [6, 6.07) is 20.5. The van der Waals surface area contributed by atoms with Crippen molar-refractivity contribution in [2.75, 3.05) is 0 Å². The molecule has 0 fully saturated rings. The Hall–Kier alpha value is -3.78. The summed E-state index contributed by atoms with van der Waals surface area (Å²) in [4.78, 5) is 12.0. The molecule has 0 aromatic heterocycles. The van der Waals surface area contributed by atoms with Crippen LogP contribution in [-0.4, -0.2) is 16.2 Å². The molecule has 5 nitrogen and oxygen atoms in total. The molecule has 0 aliphatic heterocycles. The summed E-state index contributed by atoms with van der Waals surface area (Å²) in [7, 11) is 0. The summed E-state index contributed by atoms with van der Waals surface area (Å²) in [6.07, 6.45) is 0. The first-order chi connectivity index (χ1) is 12.6. The number of nitrogens with zero attached hydrogens (tertiary/aromatic N) is 1. The molecule has 0 atom stereocenters. The number of carbonyl (C=O) groups excluding carboxylic acids is 1. The van der Waals surface area contributed by atoms with E-state index in [1.165, 1.54) is 12.1 Å². The van der Waals surface area contributed by atoms with Crippen molar-refractivity contribution in [3.63, 3.8) is 0 Å². The molecule has 0 aliphatic rings. The Morgan fingerprint density at radius 1 is 1.00 bits per heavy atom. The maximum Gasteiger partial charge on any atom is 0.342 e. The number of carbonyl (C=O) groups is 1. The molecule has 0 amide bonds. The van der Waals surface area contributed by atoms with Gasteiger partial charge in [0.05, 0.1) is 11.6 Å². The molecule has 2 N–H and O–H groups in total. The molecule has 0 saturated heterocycles. The van der Waals surface area contributed by atoms with Crippen molar-refractivity contribution in [3.8, 4) is 28.7 Å². The fraction of sp³-hybridized carbons (Fsp3) is 0.0476. The van der Waals surface area contributed by atoms with Gasteiger partial charge in [-0.25, -0.2) is 4.79 Å². The van der Waals surface area contributed by atoms with Crippen LogP contribution >= 0.6 is 0 Å². The number of ether oxygens (including phenoxy) is 1. The van der Waals surface area contributed by atoms with E-state index in [9.17, 15) is 20.3 Å². The molecule has 0 bridgehead atoms. The number of phenolic OH excluding ortho intramolecular Hbond substituents is 2. The Morgan fingerprint density at radius 2 is 1.73 bits per heavy atom. The summed E-state index contributed by atoms with van der Waals surface area (Å²) in [5.41, 5.74) is 3.09. The van der Waals surface area contributed by atoms with Crippen LogP contribution in [0.15, 0.2) is 66.7 Å². The van der Waals surface area contributed by atoms with Gasteiger partial charge in [0, 0.05) is 6.07 Å². The standard InChI is InChI=1S/C21H15NO4/c22-12-16-3-1-2-4-18(16)15-7-5-14(6-8-15)13-26-21(25)19-10-9-17(23)11-20(19)24/h1-11,23-24H,13H2. The highest BCUT2D eigenvalue weighted by atomic mass is 16.5. The van der Waals surface area contributed by atoms with Crippen molar-refractivity contribution in [3.05, 3.63) is 83.4 Å². The Labute approximate surface area is 150 Å². The number of hydrogen-bond acceptors (Lipinski definition) is 5. The average molecular weight is 345 g/mol. The molecule has 3 rings (SSSR count). The van der Waals surface area contributed by atoms with Crippen LogP contribution in [0.2, 0.25) is 0 Å². The van der Waals surface area contributed by atoms with E-state index in [1.54, 1.807) is 6.07 Å². The predicted octanol–water partition coefficient (Wildman–Crippen LogP) is 3.99. The maximum atomic E-state index is 12.0. The fourth-order valence-corrected chi connectivity index (χ4v) is 2.53. The fourth-order valence-electron chi connectivity index (χ4n) is 2.53. The highest BCUT2D eigenvalue weighted by molar-refractivity contribution is 5.92. The largest absolute Gasteiger partial charge is 0.508 e. The highest BCUT2D eigenvalue weighted by Gasteiger charge is 2.13. The van der Waals surface area contributed by atoms with E-state index < -0.39 is 5.97 Å². The first kappa shape index (κ1) is 17.1. The van der Waals surface area contributed by atoms with Gasteiger partial charge in [-0.15, -0.1) is 0 Å². The van der Waals surface area contributed by atoms with Gasteiger partial charge >= 0.3 is 5.97 Å². The number of hydrogen-bond donors (Lipinski definition) is 2. The lowest BCUT2D eigenvalue weighted by Crippen LogP contribution is -2.05. The summed E-state index contributed by atoms with van der Waals surface area (Å²) >= 11 is 0. The summed E-state index contributed by atoms with van der Waals surface area (Å²) in [5.74, 6) is -1.15. The second-order valence-corrected chi connectivity index (χ2v) is 5.63. The van der Waals surface area contributed by atoms with Gasteiger partial charge in [0.2, 0.25) is 0 Å². The smallest absolute Gasteiger partial charge is 0.342 e. The van der Waals surface area contributed by atoms with E-state index in [2.05, 4.69) is 6.07 Å². The Morgan fingerprint density at radius 3 is 2.42 bits per heavy atom. The molecule has 26 heavy (non-hydrogen) atoms. The minimum atomic E-state index is -0.679. The van der Waals surface area contributed by atoms with E-state index in [4.69, 9.17) is 4.74 Å². The lowest BCUT2D eigenvalue weighted by atomic mass is 9.99. The summed E-state index contributed by atoms with van der Waals surface area (Å²) in [5, 5.41) is 28.1. The molecular weight excluding hydrogens is 330 g/mol. The third kappa shape index (κ3) is 3.65. The molecule has 5 heteroatoms. The predicted molar refractivity (Wildman–Crippen MR) is 95.5 cm³/mol. The zero-order chi connectivity index (χ0) is 18.5. The number of esters is 1. The van der Waals surface area contributed by atoms with Crippen LogP contribution in [-0.2, 0) is 11.3 Å².